The number of carbonyl (C=O) groups excluding carboxylic acids is 1. The van der Waals surface area contributed by atoms with E-state index in [9.17, 15) is 14.9 Å². The van der Waals surface area contributed by atoms with Crippen molar-refractivity contribution in [3.63, 3.8) is 0 Å². The molecule has 0 saturated carbocycles. The van der Waals surface area contributed by atoms with Crippen LogP contribution in [0.25, 0.3) is 10.2 Å². The van der Waals surface area contributed by atoms with E-state index in [4.69, 9.17) is 16.3 Å². The van der Waals surface area contributed by atoms with E-state index < -0.39 is 10.8 Å². The van der Waals surface area contributed by atoms with Crippen molar-refractivity contribution in [2.24, 2.45) is 4.99 Å². The Balaban J connectivity index is 2.13. The Morgan fingerprint density at radius 2 is 2.15 bits per heavy atom. The van der Waals surface area contributed by atoms with Gasteiger partial charge in [0.2, 0.25) is 0 Å². The molecule has 1 heterocycles. The van der Waals surface area contributed by atoms with E-state index in [0.29, 0.717) is 18.0 Å². The molecule has 0 aliphatic heterocycles. The number of carbonyl (C=O) groups is 1. The van der Waals surface area contributed by atoms with Crippen molar-refractivity contribution >= 4 is 60.7 Å². The molecular formula is C17H13BrClN3O4S. The second kappa shape index (κ2) is 8.30. The Morgan fingerprint density at radius 3 is 2.85 bits per heavy atom. The van der Waals surface area contributed by atoms with Crippen molar-refractivity contribution in [3.05, 3.63) is 66.4 Å². The van der Waals surface area contributed by atoms with Gasteiger partial charge in [-0.05, 0) is 24.3 Å². The lowest BCUT2D eigenvalue weighted by Crippen LogP contribution is -2.19. The van der Waals surface area contributed by atoms with Crippen molar-refractivity contribution in [1.29, 1.82) is 0 Å². The highest BCUT2D eigenvalue weighted by atomic mass is 79.9. The maximum Gasteiger partial charge on any atom is 0.281 e. The number of rotatable bonds is 5. The van der Waals surface area contributed by atoms with Gasteiger partial charge in [-0.25, -0.2) is 0 Å². The fourth-order valence-corrected chi connectivity index (χ4v) is 4.27. The maximum absolute atomic E-state index is 12.7. The molecule has 0 radical (unpaired) electrons. The highest BCUT2D eigenvalue weighted by molar-refractivity contribution is 9.10. The van der Waals surface area contributed by atoms with Gasteiger partial charge in [-0.2, -0.15) is 4.99 Å². The van der Waals surface area contributed by atoms with Gasteiger partial charge in [-0.1, -0.05) is 38.9 Å². The third-order valence-corrected chi connectivity index (χ3v) is 5.62. The molecule has 3 rings (SSSR count). The Morgan fingerprint density at radius 1 is 1.37 bits per heavy atom. The fourth-order valence-electron chi connectivity index (χ4n) is 2.47. The number of non-ortho nitro benzene ring substituents is 1. The number of halogens is 2. The van der Waals surface area contributed by atoms with Gasteiger partial charge in [0.05, 0.1) is 32.3 Å². The number of hydrogen-bond donors (Lipinski definition) is 0. The van der Waals surface area contributed by atoms with E-state index in [0.717, 1.165) is 20.8 Å². The van der Waals surface area contributed by atoms with Crippen LogP contribution in [-0.2, 0) is 11.3 Å². The number of hydrogen-bond acceptors (Lipinski definition) is 5. The molecule has 140 valence electrons. The molecule has 0 saturated heterocycles. The SMILES string of the molecule is COCCn1c(=NC(=O)c2cc([N+](=O)[O-])ccc2Cl)sc2cc(Br)ccc21. The number of nitro benzene ring substituents is 1. The second-order valence-corrected chi connectivity index (χ2v) is 7.81. The minimum atomic E-state index is -0.638. The van der Waals surface area contributed by atoms with Gasteiger partial charge in [-0.3, -0.25) is 14.9 Å². The van der Waals surface area contributed by atoms with E-state index >= 15 is 0 Å². The Kier molecular flexibility index (Phi) is 6.05. The zero-order valence-corrected chi connectivity index (χ0v) is 17.2. The number of thiazole rings is 1. The van der Waals surface area contributed by atoms with Crippen LogP contribution in [0.4, 0.5) is 5.69 Å². The predicted molar refractivity (Wildman–Crippen MR) is 107 cm³/mol. The molecule has 0 atom stereocenters. The second-order valence-electron chi connectivity index (χ2n) is 5.48. The average molecular weight is 471 g/mol. The number of aromatic nitrogens is 1. The molecule has 0 aliphatic rings. The van der Waals surface area contributed by atoms with Gasteiger partial charge < -0.3 is 9.30 Å². The van der Waals surface area contributed by atoms with Crippen molar-refractivity contribution in [2.45, 2.75) is 6.54 Å². The van der Waals surface area contributed by atoms with Crippen molar-refractivity contribution < 1.29 is 14.5 Å². The first-order valence-electron chi connectivity index (χ1n) is 7.71. The number of ether oxygens (including phenoxy) is 1. The molecule has 7 nitrogen and oxygen atoms in total. The van der Waals surface area contributed by atoms with Crippen LogP contribution < -0.4 is 4.80 Å². The lowest BCUT2D eigenvalue weighted by atomic mass is 10.2. The molecule has 0 spiro atoms. The highest BCUT2D eigenvalue weighted by Crippen LogP contribution is 2.24. The summed E-state index contributed by atoms with van der Waals surface area (Å²) in [5.41, 5.74) is 0.685. The maximum atomic E-state index is 12.7. The number of methoxy groups -OCH3 is 1. The lowest BCUT2D eigenvalue weighted by molar-refractivity contribution is -0.384. The van der Waals surface area contributed by atoms with Crippen LogP contribution in [0.1, 0.15) is 10.4 Å². The summed E-state index contributed by atoms with van der Waals surface area (Å²) < 4.78 is 8.87. The van der Waals surface area contributed by atoms with Crippen LogP contribution in [0.2, 0.25) is 5.02 Å². The van der Waals surface area contributed by atoms with Gasteiger partial charge in [0.25, 0.3) is 11.6 Å². The minimum absolute atomic E-state index is 0.0113. The van der Waals surface area contributed by atoms with E-state index in [1.165, 1.54) is 23.5 Å². The summed E-state index contributed by atoms with van der Waals surface area (Å²) >= 11 is 10.8. The molecule has 0 N–H and O–H groups in total. The van der Waals surface area contributed by atoms with E-state index in [1.54, 1.807) is 7.11 Å². The van der Waals surface area contributed by atoms with E-state index in [2.05, 4.69) is 20.9 Å². The van der Waals surface area contributed by atoms with Gasteiger partial charge in [0.1, 0.15) is 0 Å². The molecule has 3 aromatic rings. The van der Waals surface area contributed by atoms with Crippen LogP contribution >= 0.6 is 38.9 Å². The minimum Gasteiger partial charge on any atom is -0.383 e. The molecule has 0 fully saturated rings. The largest absolute Gasteiger partial charge is 0.383 e. The molecule has 10 heteroatoms. The summed E-state index contributed by atoms with van der Waals surface area (Å²) in [7, 11) is 1.59. The standard InChI is InChI=1S/C17H13BrClN3O4S/c1-26-7-6-21-14-5-2-10(18)8-15(14)27-17(21)20-16(23)12-9-11(22(24)25)3-4-13(12)19/h2-5,8-9H,6-7H2,1H3. The smallest absolute Gasteiger partial charge is 0.281 e. The molecule has 0 aliphatic carbocycles. The summed E-state index contributed by atoms with van der Waals surface area (Å²) in [6, 6.07) is 9.47. The molecule has 1 aromatic heterocycles. The zero-order valence-electron chi connectivity index (χ0n) is 14.0. The topological polar surface area (TPSA) is 86.7 Å². The van der Waals surface area contributed by atoms with Crippen LogP contribution in [0.5, 0.6) is 0 Å². The number of nitro groups is 1. The summed E-state index contributed by atoms with van der Waals surface area (Å²) in [6.07, 6.45) is 0. The first-order valence-corrected chi connectivity index (χ1v) is 9.70. The number of benzene rings is 2. The van der Waals surface area contributed by atoms with Crippen molar-refractivity contribution in [2.75, 3.05) is 13.7 Å². The van der Waals surface area contributed by atoms with Crippen molar-refractivity contribution in [1.82, 2.24) is 4.57 Å². The highest BCUT2D eigenvalue weighted by Gasteiger charge is 2.16. The molecule has 2 aromatic carbocycles. The summed E-state index contributed by atoms with van der Waals surface area (Å²) in [4.78, 5) is 27.7. The quantitative estimate of drug-likeness (QED) is 0.408. The third kappa shape index (κ3) is 4.27. The first kappa shape index (κ1) is 19.7. The van der Waals surface area contributed by atoms with Crippen LogP contribution in [0, 0.1) is 10.1 Å². The van der Waals surface area contributed by atoms with Crippen molar-refractivity contribution in [3.8, 4) is 0 Å². The number of amides is 1. The number of fused-ring (bicyclic) bond motifs is 1. The van der Waals surface area contributed by atoms with Gasteiger partial charge in [0.15, 0.2) is 4.80 Å². The average Bonchev–Trinajstić information content (AvgIpc) is 2.95. The van der Waals surface area contributed by atoms with Gasteiger partial charge in [-0.15, -0.1) is 0 Å². The Labute approximate surface area is 171 Å². The van der Waals surface area contributed by atoms with Gasteiger partial charge >= 0.3 is 0 Å². The van der Waals surface area contributed by atoms with Crippen LogP contribution in [0.15, 0.2) is 45.9 Å². The third-order valence-electron chi connectivity index (χ3n) is 3.75. The summed E-state index contributed by atoms with van der Waals surface area (Å²) in [6.45, 7) is 0.952. The Hall–Kier alpha value is -2.07. The monoisotopic (exact) mass is 469 g/mol. The van der Waals surface area contributed by atoms with Gasteiger partial charge in [0, 0.05) is 30.3 Å². The fraction of sp³-hybridized carbons (Fsp3) is 0.176. The molecular weight excluding hydrogens is 458 g/mol. The summed E-state index contributed by atoms with van der Waals surface area (Å²) in [5, 5.41) is 11.1. The molecule has 1 amide bonds. The van der Waals surface area contributed by atoms with E-state index in [1.807, 2.05) is 22.8 Å². The normalized spacial score (nSPS) is 11.9. The van der Waals surface area contributed by atoms with Crippen LogP contribution in [0.3, 0.4) is 0 Å². The summed E-state index contributed by atoms with van der Waals surface area (Å²) in [5.74, 6) is -0.638. The lowest BCUT2D eigenvalue weighted by Gasteiger charge is -2.04. The zero-order chi connectivity index (χ0) is 19.6. The predicted octanol–water partition coefficient (Wildman–Crippen LogP) is 4.41. The molecule has 27 heavy (non-hydrogen) atoms. The first-order chi connectivity index (χ1) is 12.9. The molecule has 0 unspecified atom stereocenters. The molecule has 0 bridgehead atoms. The number of nitrogens with zero attached hydrogens (tertiary/aromatic N) is 3. The van der Waals surface area contributed by atoms with E-state index in [-0.39, 0.29) is 16.3 Å². The van der Waals surface area contributed by atoms with Crippen LogP contribution in [-0.4, -0.2) is 29.1 Å². The Bertz CT molecular complexity index is 1110.